The monoisotopic (exact) mass is 394 g/mol. The fourth-order valence-electron chi connectivity index (χ4n) is 3.94. The molecule has 0 bridgehead atoms. The predicted molar refractivity (Wildman–Crippen MR) is 115 cm³/mol. The number of benzene rings is 2. The van der Waals surface area contributed by atoms with E-state index in [0.717, 1.165) is 54.7 Å². The maximum absolute atomic E-state index is 12.6. The average Bonchev–Trinajstić information content (AvgIpc) is 2.75. The summed E-state index contributed by atoms with van der Waals surface area (Å²) in [6.45, 7) is 2.58. The van der Waals surface area contributed by atoms with Crippen LogP contribution in [0.1, 0.15) is 36.8 Å². The molecule has 1 fully saturated rings. The molecule has 1 aliphatic rings. The molecule has 0 heterocycles. The van der Waals surface area contributed by atoms with Gasteiger partial charge >= 0.3 is 0 Å². The maximum atomic E-state index is 12.6. The summed E-state index contributed by atoms with van der Waals surface area (Å²) in [6, 6.07) is 15.7. The van der Waals surface area contributed by atoms with Gasteiger partial charge in [-0.1, -0.05) is 36.4 Å². The minimum Gasteiger partial charge on any atom is -0.496 e. The first-order valence-electron chi connectivity index (χ1n) is 10.3. The van der Waals surface area contributed by atoms with Gasteiger partial charge in [-0.25, -0.2) is 0 Å². The molecule has 0 unspecified atom stereocenters. The number of methoxy groups -OCH3 is 1. The second kappa shape index (κ2) is 10.1. The fraction of sp³-hybridized carbons (Fsp3) is 0.417. The molecule has 1 aliphatic carbocycles. The Kier molecular flexibility index (Phi) is 7.28. The van der Waals surface area contributed by atoms with E-state index in [1.165, 1.54) is 0 Å². The van der Waals surface area contributed by atoms with Gasteiger partial charge in [-0.2, -0.15) is 0 Å². The van der Waals surface area contributed by atoms with Crippen LogP contribution in [-0.4, -0.2) is 25.5 Å². The summed E-state index contributed by atoms with van der Waals surface area (Å²) in [4.78, 5) is 25.1. The summed E-state index contributed by atoms with van der Waals surface area (Å²) in [7, 11) is 1.66. The van der Waals surface area contributed by atoms with Gasteiger partial charge in [0.25, 0.3) is 0 Å². The van der Waals surface area contributed by atoms with Gasteiger partial charge in [-0.15, -0.1) is 0 Å². The van der Waals surface area contributed by atoms with Gasteiger partial charge < -0.3 is 15.4 Å². The highest BCUT2D eigenvalue weighted by atomic mass is 16.5. The van der Waals surface area contributed by atoms with Gasteiger partial charge in [0, 0.05) is 24.1 Å². The topological polar surface area (TPSA) is 67.4 Å². The number of aryl methyl sites for hydroxylation is 1. The van der Waals surface area contributed by atoms with Crippen molar-refractivity contribution in [3.63, 3.8) is 0 Å². The molecular weight excluding hydrogens is 364 g/mol. The normalized spacial score (nSPS) is 18.7. The Balaban J connectivity index is 1.42. The first-order valence-corrected chi connectivity index (χ1v) is 10.3. The van der Waals surface area contributed by atoms with E-state index in [4.69, 9.17) is 4.74 Å². The van der Waals surface area contributed by atoms with E-state index in [0.29, 0.717) is 6.54 Å². The zero-order valence-electron chi connectivity index (χ0n) is 17.2. The average molecular weight is 395 g/mol. The third-order valence-corrected chi connectivity index (χ3v) is 5.76. The van der Waals surface area contributed by atoms with E-state index in [1.807, 2.05) is 55.5 Å². The van der Waals surface area contributed by atoms with Crippen LogP contribution in [0.3, 0.4) is 0 Å². The summed E-state index contributed by atoms with van der Waals surface area (Å²) in [5.74, 6) is 0.983. The summed E-state index contributed by atoms with van der Waals surface area (Å²) in [5, 5.41) is 6.08. The number of rotatable bonds is 7. The Bertz CT molecular complexity index is 842. The summed E-state index contributed by atoms with van der Waals surface area (Å²) < 4.78 is 5.35. The van der Waals surface area contributed by atoms with E-state index in [9.17, 15) is 9.59 Å². The molecule has 2 aromatic carbocycles. The van der Waals surface area contributed by atoms with E-state index in [-0.39, 0.29) is 23.7 Å². The molecular formula is C24H30N2O3. The van der Waals surface area contributed by atoms with E-state index >= 15 is 0 Å². The molecule has 2 amide bonds. The van der Waals surface area contributed by atoms with Gasteiger partial charge in [0.15, 0.2) is 0 Å². The smallest absolute Gasteiger partial charge is 0.227 e. The van der Waals surface area contributed by atoms with Crippen molar-refractivity contribution in [1.29, 1.82) is 0 Å². The number of ether oxygens (including phenoxy) is 1. The van der Waals surface area contributed by atoms with Crippen LogP contribution in [0.15, 0.2) is 48.5 Å². The van der Waals surface area contributed by atoms with Gasteiger partial charge in [0.1, 0.15) is 5.75 Å². The van der Waals surface area contributed by atoms with E-state index in [1.54, 1.807) is 7.11 Å². The number of hydrogen-bond acceptors (Lipinski definition) is 3. The molecule has 0 spiro atoms. The molecule has 5 nitrogen and oxygen atoms in total. The molecule has 1 saturated carbocycles. The van der Waals surface area contributed by atoms with Crippen molar-refractivity contribution in [3.05, 3.63) is 59.7 Å². The lowest BCUT2D eigenvalue weighted by Crippen LogP contribution is -2.36. The standard InChI is InChI=1S/C24H30N2O3/c1-17-7-3-5-9-21(17)26-24(28)20-13-11-19(12-14-20)23(27)25-16-15-18-8-4-6-10-22(18)29-2/h3-10,19-20H,11-16H2,1-2H3,(H,25,27)(H,26,28). The van der Waals surface area contributed by atoms with Gasteiger partial charge in [0.05, 0.1) is 7.11 Å². The molecule has 29 heavy (non-hydrogen) atoms. The molecule has 0 atom stereocenters. The maximum Gasteiger partial charge on any atom is 0.227 e. The molecule has 2 N–H and O–H groups in total. The highest BCUT2D eigenvalue weighted by molar-refractivity contribution is 5.93. The van der Waals surface area contributed by atoms with Crippen LogP contribution in [0.2, 0.25) is 0 Å². The predicted octanol–water partition coefficient (Wildman–Crippen LogP) is 4.11. The number of anilines is 1. The molecule has 2 aromatic rings. The van der Waals surface area contributed by atoms with Gasteiger partial charge in [-0.05, 0) is 62.3 Å². The molecule has 154 valence electrons. The SMILES string of the molecule is COc1ccccc1CCNC(=O)C1CCC(C(=O)Nc2ccccc2C)CC1. The number of para-hydroxylation sites is 2. The van der Waals surface area contributed by atoms with Crippen LogP contribution in [0.5, 0.6) is 5.75 Å². The Morgan fingerprint density at radius 3 is 2.24 bits per heavy atom. The molecule has 0 aromatic heterocycles. The first-order chi connectivity index (χ1) is 14.1. The summed E-state index contributed by atoms with van der Waals surface area (Å²) in [5.41, 5.74) is 3.02. The number of nitrogens with one attached hydrogen (secondary N) is 2. The largest absolute Gasteiger partial charge is 0.496 e. The Morgan fingerprint density at radius 1 is 0.931 bits per heavy atom. The lowest BCUT2D eigenvalue weighted by molar-refractivity contribution is -0.128. The van der Waals surface area contributed by atoms with Crippen molar-refractivity contribution >= 4 is 17.5 Å². The molecule has 3 rings (SSSR count). The van der Waals surface area contributed by atoms with E-state index < -0.39 is 0 Å². The Labute approximate surface area is 172 Å². The van der Waals surface area contributed by atoms with Crippen molar-refractivity contribution in [2.45, 2.75) is 39.0 Å². The minimum absolute atomic E-state index is 0.00446. The zero-order valence-corrected chi connectivity index (χ0v) is 17.2. The van der Waals surface area contributed by atoms with Crippen LogP contribution in [-0.2, 0) is 16.0 Å². The second-order valence-electron chi connectivity index (χ2n) is 7.71. The lowest BCUT2D eigenvalue weighted by Gasteiger charge is -2.27. The summed E-state index contributed by atoms with van der Waals surface area (Å²) >= 11 is 0. The Morgan fingerprint density at radius 2 is 1.55 bits per heavy atom. The first kappa shape index (κ1) is 20.9. The summed E-state index contributed by atoms with van der Waals surface area (Å²) in [6.07, 6.45) is 3.76. The molecule has 0 radical (unpaired) electrons. The van der Waals surface area contributed by atoms with Crippen LogP contribution in [0, 0.1) is 18.8 Å². The van der Waals surface area contributed by atoms with Crippen LogP contribution in [0.4, 0.5) is 5.69 Å². The number of amides is 2. The molecule has 0 saturated heterocycles. The van der Waals surface area contributed by atoms with Crippen LogP contribution in [0.25, 0.3) is 0 Å². The second-order valence-corrected chi connectivity index (χ2v) is 7.71. The van der Waals surface area contributed by atoms with Gasteiger partial charge in [-0.3, -0.25) is 9.59 Å². The number of carbonyl (C=O) groups is 2. The lowest BCUT2D eigenvalue weighted by atomic mass is 9.81. The van der Waals surface area contributed by atoms with Crippen molar-refractivity contribution in [3.8, 4) is 5.75 Å². The minimum atomic E-state index is -0.0211. The Hall–Kier alpha value is -2.82. The van der Waals surface area contributed by atoms with Gasteiger partial charge in [0.2, 0.25) is 11.8 Å². The van der Waals surface area contributed by atoms with E-state index in [2.05, 4.69) is 10.6 Å². The fourth-order valence-corrected chi connectivity index (χ4v) is 3.94. The quantitative estimate of drug-likeness (QED) is 0.743. The number of hydrogen-bond donors (Lipinski definition) is 2. The third kappa shape index (κ3) is 5.59. The highest BCUT2D eigenvalue weighted by Gasteiger charge is 2.30. The van der Waals surface area contributed by atoms with Crippen molar-refractivity contribution in [1.82, 2.24) is 5.32 Å². The zero-order chi connectivity index (χ0) is 20.6. The van der Waals surface area contributed by atoms with Crippen molar-refractivity contribution in [2.75, 3.05) is 19.0 Å². The van der Waals surface area contributed by atoms with Crippen molar-refractivity contribution in [2.24, 2.45) is 11.8 Å². The molecule has 0 aliphatic heterocycles. The van der Waals surface area contributed by atoms with Crippen molar-refractivity contribution < 1.29 is 14.3 Å². The van der Waals surface area contributed by atoms with Crippen LogP contribution >= 0.6 is 0 Å². The van der Waals surface area contributed by atoms with Crippen LogP contribution < -0.4 is 15.4 Å². The number of carbonyl (C=O) groups excluding carboxylic acids is 2. The third-order valence-electron chi connectivity index (χ3n) is 5.76. The molecule has 5 heteroatoms. The highest BCUT2D eigenvalue weighted by Crippen LogP contribution is 2.30.